The van der Waals surface area contributed by atoms with Crippen LogP contribution in [0.15, 0.2) is 42.5 Å². The molecule has 2 aromatic carbocycles. The van der Waals surface area contributed by atoms with E-state index in [1.165, 1.54) is 6.07 Å². The van der Waals surface area contributed by atoms with Crippen molar-refractivity contribution in [3.05, 3.63) is 65.0 Å². The fraction of sp³-hybridized carbons (Fsp3) is 0.375. The molecule has 0 unspecified atom stereocenters. The third-order valence-electron chi connectivity index (χ3n) is 5.90. The summed E-state index contributed by atoms with van der Waals surface area (Å²) in [5, 5.41) is 5.19. The molecule has 2 amide bonds. The van der Waals surface area contributed by atoms with Crippen LogP contribution in [0.5, 0.6) is 0 Å². The van der Waals surface area contributed by atoms with Crippen LogP contribution in [-0.2, 0) is 24.5 Å². The molecule has 0 saturated heterocycles. The van der Waals surface area contributed by atoms with Crippen LogP contribution in [0.3, 0.4) is 0 Å². The van der Waals surface area contributed by atoms with Gasteiger partial charge in [0.2, 0.25) is 5.91 Å². The molecule has 0 atom stereocenters. The Kier molecular flexibility index (Phi) is 7.05. The van der Waals surface area contributed by atoms with E-state index in [-0.39, 0.29) is 12.5 Å². The van der Waals surface area contributed by atoms with E-state index >= 15 is 0 Å². The highest BCUT2D eigenvalue weighted by Crippen LogP contribution is 2.43. The average molecular weight is 426 g/mol. The zero-order valence-electron chi connectivity index (χ0n) is 17.8. The minimum atomic E-state index is -1.06. The second-order valence-electron chi connectivity index (χ2n) is 7.92. The van der Waals surface area contributed by atoms with Crippen LogP contribution < -0.4 is 10.6 Å². The highest BCUT2D eigenvalue weighted by molar-refractivity contribution is 5.95. The Labute approximate surface area is 181 Å². The molecule has 1 aliphatic rings. The molecule has 0 aliphatic heterocycles. The van der Waals surface area contributed by atoms with Crippen LogP contribution in [0.2, 0.25) is 0 Å². The van der Waals surface area contributed by atoms with Gasteiger partial charge < -0.3 is 15.4 Å². The SMILES string of the molecule is Cc1cccc(NC(=O)CNC(=O)COC(=O)C2(c3ccccc3F)CCCC2)c1C. The van der Waals surface area contributed by atoms with Crippen LogP contribution in [0.25, 0.3) is 0 Å². The Morgan fingerprint density at radius 3 is 2.42 bits per heavy atom. The van der Waals surface area contributed by atoms with E-state index in [1.807, 2.05) is 26.0 Å². The van der Waals surface area contributed by atoms with E-state index in [0.717, 1.165) is 24.0 Å². The smallest absolute Gasteiger partial charge is 0.317 e. The Balaban J connectivity index is 1.53. The summed E-state index contributed by atoms with van der Waals surface area (Å²) in [7, 11) is 0. The number of aryl methyl sites for hydroxylation is 1. The summed E-state index contributed by atoms with van der Waals surface area (Å²) in [6.45, 7) is 3.07. The molecule has 3 rings (SSSR count). The highest BCUT2D eigenvalue weighted by atomic mass is 19.1. The van der Waals surface area contributed by atoms with Gasteiger partial charge in [-0.3, -0.25) is 14.4 Å². The van der Waals surface area contributed by atoms with Crippen LogP contribution in [0, 0.1) is 19.7 Å². The maximum absolute atomic E-state index is 14.4. The van der Waals surface area contributed by atoms with Gasteiger partial charge in [0.15, 0.2) is 6.61 Å². The number of hydrogen-bond acceptors (Lipinski definition) is 4. The van der Waals surface area contributed by atoms with Gasteiger partial charge >= 0.3 is 5.97 Å². The van der Waals surface area contributed by atoms with Crippen molar-refractivity contribution in [2.24, 2.45) is 0 Å². The molecular weight excluding hydrogens is 399 g/mol. The zero-order chi connectivity index (χ0) is 22.4. The van der Waals surface area contributed by atoms with E-state index in [4.69, 9.17) is 4.74 Å². The number of rotatable bonds is 7. The van der Waals surface area contributed by atoms with Gasteiger partial charge in [-0.2, -0.15) is 0 Å². The number of carbonyl (C=O) groups excluding carboxylic acids is 3. The first-order valence-corrected chi connectivity index (χ1v) is 10.4. The van der Waals surface area contributed by atoms with Gasteiger partial charge in [-0.25, -0.2) is 4.39 Å². The summed E-state index contributed by atoms with van der Waals surface area (Å²) in [6, 6.07) is 11.7. The van der Waals surface area contributed by atoms with E-state index in [2.05, 4.69) is 10.6 Å². The third kappa shape index (κ3) is 5.10. The highest BCUT2D eigenvalue weighted by Gasteiger charge is 2.45. The molecular formula is C24H27FN2O4. The molecule has 31 heavy (non-hydrogen) atoms. The number of carbonyl (C=O) groups is 3. The van der Waals surface area contributed by atoms with Gasteiger partial charge in [-0.15, -0.1) is 0 Å². The van der Waals surface area contributed by atoms with Gasteiger partial charge in [0.25, 0.3) is 5.91 Å². The number of halogens is 1. The number of ether oxygens (including phenoxy) is 1. The molecule has 0 spiro atoms. The van der Waals surface area contributed by atoms with Crippen molar-refractivity contribution in [1.29, 1.82) is 0 Å². The molecule has 2 aromatic rings. The quantitative estimate of drug-likeness (QED) is 0.663. The second kappa shape index (κ2) is 9.73. The summed E-state index contributed by atoms with van der Waals surface area (Å²) in [5.41, 5.74) is 1.92. The first-order valence-electron chi connectivity index (χ1n) is 10.4. The van der Waals surface area contributed by atoms with Crippen LogP contribution in [0.1, 0.15) is 42.4 Å². The van der Waals surface area contributed by atoms with Gasteiger partial charge in [0, 0.05) is 11.3 Å². The van der Waals surface area contributed by atoms with E-state index in [0.29, 0.717) is 24.1 Å². The Morgan fingerprint density at radius 1 is 1.00 bits per heavy atom. The number of nitrogens with one attached hydrogen (secondary N) is 2. The lowest BCUT2D eigenvalue weighted by molar-refractivity contribution is -0.154. The molecule has 0 bridgehead atoms. The molecule has 1 aliphatic carbocycles. The molecule has 0 radical (unpaired) electrons. The molecule has 0 heterocycles. The van der Waals surface area contributed by atoms with Gasteiger partial charge in [-0.1, -0.05) is 43.2 Å². The number of anilines is 1. The number of esters is 1. The topological polar surface area (TPSA) is 84.5 Å². The monoisotopic (exact) mass is 426 g/mol. The minimum absolute atomic E-state index is 0.248. The van der Waals surface area contributed by atoms with Crippen molar-refractivity contribution >= 4 is 23.5 Å². The third-order valence-corrected chi connectivity index (χ3v) is 5.90. The maximum atomic E-state index is 14.4. The van der Waals surface area contributed by atoms with E-state index in [1.54, 1.807) is 24.3 Å². The first kappa shape index (κ1) is 22.5. The van der Waals surface area contributed by atoms with Crippen molar-refractivity contribution in [3.63, 3.8) is 0 Å². The Hall–Kier alpha value is -3.22. The van der Waals surface area contributed by atoms with Crippen molar-refractivity contribution in [1.82, 2.24) is 5.32 Å². The van der Waals surface area contributed by atoms with Gasteiger partial charge in [-0.05, 0) is 49.9 Å². The molecule has 6 nitrogen and oxygen atoms in total. The summed E-state index contributed by atoms with van der Waals surface area (Å²) in [6.07, 6.45) is 2.53. The fourth-order valence-electron chi connectivity index (χ4n) is 3.99. The number of benzene rings is 2. The van der Waals surface area contributed by atoms with Gasteiger partial charge in [0.1, 0.15) is 5.82 Å². The lowest BCUT2D eigenvalue weighted by Gasteiger charge is -2.27. The number of hydrogen-bond donors (Lipinski definition) is 2. The lowest BCUT2D eigenvalue weighted by atomic mass is 9.78. The molecule has 7 heteroatoms. The van der Waals surface area contributed by atoms with Crippen molar-refractivity contribution in [2.75, 3.05) is 18.5 Å². The van der Waals surface area contributed by atoms with Crippen LogP contribution in [-0.4, -0.2) is 30.9 Å². The second-order valence-corrected chi connectivity index (χ2v) is 7.92. The standard InChI is InChI=1S/C24H27FN2O4/c1-16-8-7-11-20(17(16)2)27-21(28)14-26-22(29)15-31-23(30)24(12-5-6-13-24)18-9-3-4-10-19(18)25/h3-4,7-11H,5-6,12-15H2,1-2H3,(H,26,29)(H,27,28). The maximum Gasteiger partial charge on any atom is 0.317 e. The van der Waals surface area contributed by atoms with E-state index < -0.39 is 29.7 Å². The van der Waals surface area contributed by atoms with E-state index in [9.17, 15) is 18.8 Å². The molecule has 2 N–H and O–H groups in total. The Bertz CT molecular complexity index is 983. The molecule has 1 fully saturated rings. The molecule has 164 valence electrons. The number of amides is 2. The summed E-state index contributed by atoms with van der Waals surface area (Å²) >= 11 is 0. The van der Waals surface area contributed by atoms with Crippen LogP contribution in [0.4, 0.5) is 10.1 Å². The molecule has 1 saturated carbocycles. The lowest BCUT2D eigenvalue weighted by Crippen LogP contribution is -2.40. The first-order chi connectivity index (χ1) is 14.8. The predicted molar refractivity (Wildman–Crippen MR) is 115 cm³/mol. The zero-order valence-corrected chi connectivity index (χ0v) is 17.8. The summed E-state index contributed by atoms with van der Waals surface area (Å²) in [4.78, 5) is 37.1. The summed E-state index contributed by atoms with van der Waals surface area (Å²) in [5.74, 6) is -2.03. The summed E-state index contributed by atoms with van der Waals surface area (Å²) < 4.78 is 19.6. The minimum Gasteiger partial charge on any atom is -0.455 e. The average Bonchev–Trinajstić information content (AvgIpc) is 3.25. The van der Waals surface area contributed by atoms with Crippen LogP contribution >= 0.6 is 0 Å². The van der Waals surface area contributed by atoms with Gasteiger partial charge in [0.05, 0.1) is 12.0 Å². The Morgan fingerprint density at radius 2 is 1.71 bits per heavy atom. The molecule has 0 aromatic heterocycles. The fourth-order valence-corrected chi connectivity index (χ4v) is 3.99. The van der Waals surface area contributed by atoms with Crippen molar-refractivity contribution < 1.29 is 23.5 Å². The largest absolute Gasteiger partial charge is 0.455 e. The van der Waals surface area contributed by atoms with Crippen molar-refractivity contribution in [3.8, 4) is 0 Å². The normalized spacial score (nSPS) is 14.7. The van der Waals surface area contributed by atoms with Crippen molar-refractivity contribution in [2.45, 2.75) is 44.9 Å². The predicted octanol–water partition coefficient (Wildman–Crippen LogP) is 3.55.